The molecule has 10 heteroatoms. The quantitative estimate of drug-likeness (QED) is 0.387. The number of hydrogen-bond donors (Lipinski definition) is 1. The molecular weight excluding hydrogens is 467 g/mol. The van der Waals surface area contributed by atoms with Crippen LogP contribution < -0.4 is 9.73 Å². The van der Waals surface area contributed by atoms with E-state index in [1.807, 2.05) is 13.8 Å². The van der Waals surface area contributed by atoms with Crippen LogP contribution in [-0.4, -0.2) is 27.1 Å². The van der Waals surface area contributed by atoms with Gasteiger partial charge in [-0.3, -0.25) is 9.10 Å². The lowest BCUT2D eigenvalue weighted by Crippen LogP contribution is -2.39. The summed E-state index contributed by atoms with van der Waals surface area (Å²) < 4.78 is 66.1. The number of rotatable bonds is 7. The molecule has 6 nitrogen and oxygen atoms in total. The van der Waals surface area contributed by atoms with Gasteiger partial charge in [0.05, 0.1) is 22.4 Å². The number of carbonyl (C=O) groups is 1. The van der Waals surface area contributed by atoms with Gasteiger partial charge in [0.2, 0.25) is 0 Å². The number of amides is 1. The number of carbonyl (C=O) groups excluding carboxylic acids is 1. The van der Waals surface area contributed by atoms with Crippen molar-refractivity contribution in [3.63, 3.8) is 0 Å². The first-order valence-electron chi connectivity index (χ1n) is 10.1. The Morgan fingerprint density at radius 1 is 0.971 bits per heavy atom. The second-order valence-electron chi connectivity index (χ2n) is 7.58. The molecule has 0 saturated carbocycles. The molecule has 0 aromatic heterocycles. The third-order valence-electron chi connectivity index (χ3n) is 4.83. The lowest BCUT2D eigenvalue weighted by Gasteiger charge is -2.24. The van der Waals surface area contributed by atoms with Crippen LogP contribution in [0.5, 0.6) is 0 Å². The Bertz CT molecular complexity index is 1290. The van der Waals surface area contributed by atoms with Crippen LogP contribution in [0, 0.1) is 13.8 Å². The summed E-state index contributed by atoms with van der Waals surface area (Å²) in [5.74, 6) is -0.764. The fourth-order valence-corrected chi connectivity index (χ4v) is 4.42. The van der Waals surface area contributed by atoms with Gasteiger partial charge in [-0.15, -0.1) is 0 Å². The van der Waals surface area contributed by atoms with Crippen LogP contribution in [0.25, 0.3) is 0 Å². The fraction of sp³-hybridized carbons (Fsp3) is 0.167. The van der Waals surface area contributed by atoms with E-state index in [9.17, 15) is 26.4 Å². The molecule has 3 rings (SSSR count). The van der Waals surface area contributed by atoms with Crippen molar-refractivity contribution in [1.82, 2.24) is 5.43 Å². The lowest BCUT2D eigenvalue weighted by atomic mass is 10.1. The van der Waals surface area contributed by atoms with E-state index in [1.54, 1.807) is 36.4 Å². The van der Waals surface area contributed by atoms with Gasteiger partial charge in [0, 0.05) is 0 Å². The highest BCUT2D eigenvalue weighted by molar-refractivity contribution is 7.92. The van der Waals surface area contributed by atoms with Crippen molar-refractivity contribution < 1.29 is 26.4 Å². The van der Waals surface area contributed by atoms with E-state index in [2.05, 4.69) is 10.5 Å². The van der Waals surface area contributed by atoms with Gasteiger partial charge >= 0.3 is 6.18 Å². The van der Waals surface area contributed by atoms with Gasteiger partial charge in [0.15, 0.2) is 0 Å². The Morgan fingerprint density at radius 2 is 1.56 bits per heavy atom. The van der Waals surface area contributed by atoms with Crippen molar-refractivity contribution in [2.24, 2.45) is 5.10 Å². The topological polar surface area (TPSA) is 78.8 Å². The van der Waals surface area contributed by atoms with E-state index < -0.39 is 34.2 Å². The van der Waals surface area contributed by atoms with Gasteiger partial charge in [-0.2, -0.15) is 18.3 Å². The summed E-state index contributed by atoms with van der Waals surface area (Å²) in [7, 11) is -4.08. The summed E-state index contributed by atoms with van der Waals surface area (Å²) in [6.07, 6.45) is -3.45. The molecule has 0 aliphatic heterocycles. The van der Waals surface area contributed by atoms with Crippen LogP contribution in [0.2, 0.25) is 0 Å². The van der Waals surface area contributed by atoms with Crippen LogP contribution >= 0.6 is 0 Å². The van der Waals surface area contributed by atoms with Gasteiger partial charge < -0.3 is 0 Å². The lowest BCUT2D eigenvalue weighted by molar-refractivity contribution is -0.137. The van der Waals surface area contributed by atoms with Crippen LogP contribution in [0.3, 0.4) is 0 Å². The molecule has 0 unspecified atom stereocenters. The molecule has 3 aromatic rings. The van der Waals surface area contributed by atoms with E-state index in [1.165, 1.54) is 24.3 Å². The number of nitrogens with one attached hydrogen (secondary N) is 1. The minimum Gasteiger partial charge on any atom is -0.271 e. The van der Waals surface area contributed by atoms with Crippen molar-refractivity contribution in [3.05, 3.63) is 95.1 Å². The first-order valence-corrected chi connectivity index (χ1v) is 11.6. The number of aryl methyl sites for hydroxylation is 2. The number of sulfonamides is 1. The van der Waals surface area contributed by atoms with Gasteiger partial charge in [-0.25, -0.2) is 13.8 Å². The van der Waals surface area contributed by atoms with E-state index in [0.717, 1.165) is 33.8 Å². The number of hydrazone groups is 1. The maximum atomic E-state index is 13.3. The predicted octanol–water partition coefficient (Wildman–Crippen LogP) is 4.67. The van der Waals surface area contributed by atoms with Gasteiger partial charge in [-0.05, 0) is 55.8 Å². The molecule has 0 aliphatic rings. The molecule has 0 heterocycles. The molecule has 1 amide bonds. The molecule has 34 heavy (non-hydrogen) atoms. The van der Waals surface area contributed by atoms with Crippen molar-refractivity contribution >= 4 is 27.8 Å². The van der Waals surface area contributed by atoms with Crippen LogP contribution in [0.4, 0.5) is 18.9 Å². The Morgan fingerprint density at radius 3 is 2.15 bits per heavy atom. The summed E-state index contributed by atoms with van der Waals surface area (Å²) in [6, 6.07) is 17.2. The van der Waals surface area contributed by atoms with E-state index >= 15 is 0 Å². The third-order valence-corrected chi connectivity index (χ3v) is 6.62. The third kappa shape index (κ3) is 6.22. The minimum atomic E-state index is -4.51. The molecule has 0 fully saturated rings. The highest BCUT2D eigenvalue weighted by Gasteiger charge is 2.30. The van der Waals surface area contributed by atoms with Crippen molar-refractivity contribution in [2.75, 3.05) is 10.8 Å². The fourth-order valence-electron chi connectivity index (χ4n) is 3.00. The van der Waals surface area contributed by atoms with Crippen molar-refractivity contribution in [2.45, 2.75) is 24.9 Å². The molecule has 0 atom stereocenters. The molecular formula is C24H22F3N3O3S. The van der Waals surface area contributed by atoms with Crippen molar-refractivity contribution in [3.8, 4) is 0 Å². The molecule has 0 bridgehead atoms. The standard InChI is InChI=1S/C24H22F3N3O3S/c1-17-6-10-21(11-7-17)30(34(32,33)22-12-8-18(2)9-13-22)16-23(31)29-28-15-19-4-3-5-20(14-19)24(25,26)27/h3-15H,16H2,1-2H3,(H,29,31)/b28-15-. The summed E-state index contributed by atoms with van der Waals surface area (Å²) in [6.45, 7) is 3.08. The zero-order valence-electron chi connectivity index (χ0n) is 18.4. The zero-order chi connectivity index (χ0) is 24.9. The van der Waals surface area contributed by atoms with Gasteiger partial charge in [0.1, 0.15) is 6.54 Å². The number of nitrogens with zero attached hydrogens (tertiary/aromatic N) is 2. The number of halogens is 3. The summed E-state index contributed by atoms with van der Waals surface area (Å²) in [5, 5.41) is 3.68. The maximum absolute atomic E-state index is 13.3. The average molecular weight is 490 g/mol. The SMILES string of the molecule is Cc1ccc(N(CC(=O)N/N=C\c2cccc(C(F)(F)F)c2)S(=O)(=O)c2ccc(C)cc2)cc1. The highest BCUT2D eigenvalue weighted by atomic mass is 32.2. The van der Waals surface area contributed by atoms with Crippen LogP contribution in [0.15, 0.2) is 82.8 Å². The highest BCUT2D eigenvalue weighted by Crippen LogP contribution is 2.29. The molecule has 0 spiro atoms. The van der Waals surface area contributed by atoms with Crippen molar-refractivity contribution in [1.29, 1.82) is 0 Å². The van der Waals surface area contributed by atoms with Crippen LogP contribution in [0.1, 0.15) is 22.3 Å². The average Bonchev–Trinajstić information content (AvgIpc) is 2.78. The van der Waals surface area contributed by atoms with Gasteiger partial charge in [0.25, 0.3) is 15.9 Å². The summed E-state index contributed by atoms with van der Waals surface area (Å²) in [5.41, 5.74) is 3.52. The monoisotopic (exact) mass is 489 g/mol. The number of anilines is 1. The predicted molar refractivity (Wildman–Crippen MR) is 124 cm³/mol. The molecule has 1 N–H and O–H groups in total. The molecule has 178 valence electrons. The zero-order valence-corrected chi connectivity index (χ0v) is 19.2. The Balaban J connectivity index is 1.81. The van der Waals surface area contributed by atoms with E-state index in [4.69, 9.17) is 0 Å². The smallest absolute Gasteiger partial charge is 0.271 e. The van der Waals surface area contributed by atoms with Crippen LogP contribution in [-0.2, 0) is 21.0 Å². The van der Waals surface area contributed by atoms with E-state index in [0.29, 0.717) is 0 Å². The summed E-state index contributed by atoms with van der Waals surface area (Å²) >= 11 is 0. The number of hydrogen-bond acceptors (Lipinski definition) is 4. The second-order valence-corrected chi connectivity index (χ2v) is 9.44. The summed E-state index contributed by atoms with van der Waals surface area (Å²) in [4.78, 5) is 12.5. The Kier molecular flexibility index (Phi) is 7.41. The molecule has 0 aliphatic carbocycles. The minimum absolute atomic E-state index is 0.0129. The largest absolute Gasteiger partial charge is 0.416 e. The second kappa shape index (κ2) is 10.1. The Hall–Kier alpha value is -3.66. The first kappa shape index (κ1) is 25.0. The maximum Gasteiger partial charge on any atom is 0.416 e. The number of alkyl halides is 3. The normalized spacial score (nSPS) is 12.0. The first-order chi connectivity index (χ1) is 16.0. The molecule has 0 radical (unpaired) electrons. The van der Waals surface area contributed by atoms with E-state index in [-0.39, 0.29) is 16.1 Å². The Labute approximate surface area is 195 Å². The molecule has 0 saturated heterocycles. The molecule has 3 aromatic carbocycles. The number of benzene rings is 3. The van der Waals surface area contributed by atoms with Gasteiger partial charge in [-0.1, -0.05) is 47.5 Å².